The third kappa shape index (κ3) is 2.71. The molecule has 9 heteroatoms. The van der Waals surface area contributed by atoms with Crippen molar-refractivity contribution in [2.75, 3.05) is 13.1 Å². The van der Waals surface area contributed by atoms with Gasteiger partial charge >= 0.3 is 0 Å². The minimum absolute atomic E-state index is 0. The van der Waals surface area contributed by atoms with Crippen LogP contribution in [-0.2, 0) is 16.4 Å². The van der Waals surface area contributed by atoms with E-state index in [2.05, 4.69) is 15.5 Å². The number of nitrogens with zero attached hydrogens (tertiary/aromatic N) is 3. The molecular formula is C15H21ClN4O3S. The van der Waals surface area contributed by atoms with Crippen molar-refractivity contribution >= 4 is 33.5 Å². The average molecular weight is 373 g/mol. The number of aryl methyl sites for hydroxylation is 1. The lowest BCUT2D eigenvalue weighted by atomic mass is 10.1. The highest BCUT2D eigenvalue weighted by molar-refractivity contribution is 7.89. The number of hydrogen-bond donors (Lipinski definition) is 1. The van der Waals surface area contributed by atoms with Gasteiger partial charge in [0.2, 0.25) is 10.0 Å². The van der Waals surface area contributed by atoms with Crippen molar-refractivity contribution in [1.82, 2.24) is 19.8 Å². The fourth-order valence-corrected chi connectivity index (χ4v) is 5.58. The summed E-state index contributed by atoms with van der Waals surface area (Å²) < 4.78 is 33.2. The second-order valence-electron chi connectivity index (χ2n) is 6.22. The summed E-state index contributed by atoms with van der Waals surface area (Å²) in [7, 11) is -3.55. The quantitative estimate of drug-likeness (QED) is 0.882. The van der Waals surface area contributed by atoms with Crippen LogP contribution in [0.3, 0.4) is 0 Å². The molecule has 0 saturated carbocycles. The maximum absolute atomic E-state index is 13.2. The van der Waals surface area contributed by atoms with E-state index in [-0.39, 0.29) is 29.4 Å². The number of nitrogens with one attached hydrogen (secondary N) is 1. The van der Waals surface area contributed by atoms with Crippen LogP contribution in [-0.4, -0.2) is 48.0 Å². The number of rotatable bonds is 3. The van der Waals surface area contributed by atoms with Crippen LogP contribution >= 0.6 is 12.4 Å². The first kappa shape index (κ1) is 17.6. The number of halogens is 1. The summed E-state index contributed by atoms with van der Waals surface area (Å²) in [6, 6.07) is 1.78. The van der Waals surface area contributed by atoms with Crippen LogP contribution in [0.25, 0.3) is 11.1 Å². The van der Waals surface area contributed by atoms with Gasteiger partial charge in [-0.1, -0.05) is 12.1 Å². The molecule has 2 unspecified atom stereocenters. The first-order chi connectivity index (χ1) is 11.1. The van der Waals surface area contributed by atoms with E-state index in [1.807, 2.05) is 6.92 Å². The lowest BCUT2D eigenvalue weighted by Gasteiger charge is -2.26. The molecule has 2 aliphatic rings. The maximum atomic E-state index is 13.2. The van der Waals surface area contributed by atoms with Gasteiger partial charge in [-0.05, 0) is 38.3 Å². The molecule has 7 nitrogen and oxygen atoms in total. The molecule has 0 spiro atoms. The molecule has 2 aromatic heterocycles. The highest BCUT2D eigenvalue weighted by Gasteiger charge is 2.43. The van der Waals surface area contributed by atoms with Crippen molar-refractivity contribution in [3.8, 4) is 0 Å². The summed E-state index contributed by atoms with van der Waals surface area (Å²) in [5.41, 5.74) is 1.13. The molecule has 0 aliphatic carbocycles. The molecule has 2 aliphatic heterocycles. The lowest BCUT2D eigenvalue weighted by Crippen LogP contribution is -2.42. The molecule has 0 aromatic carbocycles. The predicted molar refractivity (Wildman–Crippen MR) is 91.8 cm³/mol. The molecule has 0 amide bonds. The zero-order valence-corrected chi connectivity index (χ0v) is 15.1. The van der Waals surface area contributed by atoms with E-state index in [1.54, 1.807) is 10.4 Å². The van der Waals surface area contributed by atoms with Gasteiger partial charge in [-0.25, -0.2) is 13.4 Å². The molecule has 4 heterocycles. The van der Waals surface area contributed by atoms with Crippen LogP contribution in [0.4, 0.5) is 0 Å². The zero-order valence-electron chi connectivity index (χ0n) is 13.4. The molecular weight excluding hydrogens is 352 g/mol. The van der Waals surface area contributed by atoms with Crippen molar-refractivity contribution in [3.63, 3.8) is 0 Å². The summed E-state index contributed by atoms with van der Waals surface area (Å²) in [6.07, 6.45) is 4.78. The van der Waals surface area contributed by atoms with Crippen molar-refractivity contribution in [3.05, 3.63) is 18.0 Å². The fourth-order valence-electron chi connectivity index (χ4n) is 3.71. The van der Waals surface area contributed by atoms with Gasteiger partial charge in [0, 0.05) is 18.6 Å². The Bertz CT molecular complexity index is 824. The molecule has 4 rings (SSSR count). The van der Waals surface area contributed by atoms with Crippen LogP contribution < -0.4 is 5.32 Å². The summed E-state index contributed by atoms with van der Waals surface area (Å²) in [6.45, 7) is 3.55. The third-order valence-corrected chi connectivity index (χ3v) is 6.85. The van der Waals surface area contributed by atoms with Crippen LogP contribution in [0.2, 0.25) is 0 Å². The highest BCUT2D eigenvalue weighted by Crippen LogP contribution is 2.34. The molecule has 2 atom stereocenters. The van der Waals surface area contributed by atoms with E-state index >= 15 is 0 Å². The average Bonchev–Trinajstić information content (AvgIpc) is 3.06. The molecule has 2 saturated heterocycles. The van der Waals surface area contributed by atoms with E-state index < -0.39 is 10.0 Å². The van der Waals surface area contributed by atoms with Crippen molar-refractivity contribution in [2.24, 2.45) is 0 Å². The Hall–Kier alpha value is -1.22. The van der Waals surface area contributed by atoms with Gasteiger partial charge in [0.25, 0.3) is 5.71 Å². The Morgan fingerprint density at radius 2 is 2.12 bits per heavy atom. The van der Waals surface area contributed by atoms with Gasteiger partial charge in [0.15, 0.2) is 0 Å². The Balaban J connectivity index is 0.00000169. The van der Waals surface area contributed by atoms with Crippen LogP contribution in [0, 0.1) is 0 Å². The van der Waals surface area contributed by atoms with E-state index in [9.17, 15) is 8.42 Å². The Labute approximate surface area is 147 Å². The molecule has 2 aromatic rings. The SMILES string of the molecule is CCc1noc2ncc(S(=O)(=O)N3C4CCNCC3CC4)cc12.Cl. The van der Waals surface area contributed by atoms with Gasteiger partial charge in [-0.2, -0.15) is 4.31 Å². The number of hydrogen-bond acceptors (Lipinski definition) is 6. The topological polar surface area (TPSA) is 88.3 Å². The minimum atomic E-state index is -3.55. The normalized spacial score (nSPS) is 24.7. The molecule has 1 N–H and O–H groups in total. The van der Waals surface area contributed by atoms with E-state index in [0.717, 1.165) is 38.0 Å². The lowest BCUT2D eigenvalue weighted by molar-refractivity contribution is 0.334. The first-order valence-corrected chi connectivity index (χ1v) is 9.54. The number of fused-ring (bicyclic) bond motifs is 3. The largest absolute Gasteiger partial charge is 0.336 e. The Morgan fingerprint density at radius 3 is 2.92 bits per heavy atom. The Kier molecular flexibility index (Phi) is 4.83. The van der Waals surface area contributed by atoms with Crippen LogP contribution in [0.1, 0.15) is 31.9 Å². The van der Waals surface area contributed by atoms with E-state index in [0.29, 0.717) is 17.5 Å². The number of aromatic nitrogens is 2. The number of sulfonamides is 1. The van der Waals surface area contributed by atoms with E-state index in [4.69, 9.17) is 4.52 Å². The molecule has 24 heavy (non-hydrogen) atoms. The minimum Gasteiger partial charge on any atom is -0.336 e. The summed E-state index contributed by atoms with van der Waals surface area (Å²) >= 11 is 0. The summed E-state index contributed by atoms with van der Waals surface area (Å²) in [5, 5.41) is 7.97. The van der Waals surface area contributed by atoms with Crippen LogP contribution in [0.5, 0.6) is 0 Å². The fraction of sp³-hybridized carbons (Fsp3) is 0.600. The summed E-state index contributed by atoms with van der Waals surface area (Å²) in [4.78, 5) is 4.39. The Morgan fingerprint density at radius 1 is 1.33 bits per heavy atom. The van der Waals surface area contributed by atoms with Gasteiger partial charge in [0.05, 0.1) is 17.3 Å². The van der Waals surface area contributed by atoms with Gasteiger partial charge in [0.1, 0.15) is 4.90 Å². The summed E-state index contributed by atoms with van der Waals surface area (Å²) in [5.74, 6) is 0. The molecule has 0 radical (unpaired) electrons. The van der Waals surface area contributed by atoms with Crippen molar-refractivity contribution in [2.45, 2.75) is 49.6 Å². The van der Waals surface area contributed by atoms with Crippen molar-refractivity contribution in [1.29, 1.82) is 0 Å². The standard InChI is InChI=1S/C15H20N4O3S.ClH/c1-2-14-13-7-12(9-17-15(13)22-18-14)23(20,21)19-10-3-4-11(19)8-16-6-5-10;/h7,9-11,16H,2-6,8H2,1H3;1H. The predicted octanol–water partition coefficient (Wildman–Crippen LogP) is 1.72. The van der Waals surface area contributed by atoms with Gasteiger partial charge in [-0.3, -0.25) is 0 Å². The highest BCUT2D eigenvalue weighted by atomic mass is 35.5. The smallest absolute Gasteiger partial charge is 0.258 e. The van der Waals surface area contributed by atoms with Gasteiger partial charge < -0.3 is 9.84 Å². The molecule has 2 fully saturated rings. The molecule has 132 valence electrons. The number of pyridine rings is 1. The monoisotopic (exact) mass is 372 g/mol. The van der Waals surface area contributed by atoms with Gasteiger partial charge in [-0.15, -0.1) is 12.4 Å². The maximum Gasteiger partial charge on any atom is 0.258 e. The second-order valence-corrected chi connectivity index (χ2v) is 8.06. The first-order valence-electron chi connectivity index (χ1n) is 8.10. The third-order valence-electron chi connectivity index (χ3n) is 4.88. The zero-order chi connectivity index (χ0) is 16.0. The van der Waals surface area contributed by atoms with Crippen molar-refractivity contribution < 1.29 is 12.9 Å². The molecule has 2 bridgehead atoms. The second kappa shape index (κ2) is 6.59. The van der Waals surface area contributed by atoms with Crippen LogP contribution in [0.15, 0.2) is 21.7 Å². The van der Waals surface area contributed by atoms with E-state index in [1.165, 1.54) is 6.20 Å².